The van der Waals surface area contributed by atoms with E-state index < -0.39 is 0 Å². The van der Waals surface area contributed by atoms with Crippen molar-refractivity contribution in [3.8, 4) is 5.75 Å². The molecule has 4 aliphatic heterocycles. The van der Waals surface area contributed by atoms with E-state index in [0.717, 1.165) is 69.1 Å². The second-order valence-electron chi connectivity index (χ2n) is 8.60. The van der Waals surface area contributed by atoms with Crippen molar-refractivity contribution >= 4 is 16.8 Å². The normalized spacial score (nSPS) is 26.8. The smallest absolute Gasteiger partial charge is 0.272 e. The number of ether oxygens (including phenoxy) is 2. The molecule has 6 rings (SSSR count). The van der Waals surface area contributed by atoms with Gasteiger partial charge in [-0.2, -0.15) is 5.10 Å². The van der Waals surface area contributed by atoms with E-state index in [0.29, 0.717) is 18.2 Å². The Bertz CT molecular complexity index is 900. The van der Waals surface area contributed by atoms with Crippen LogP contribution < -0.4 is 10.1 Å². The highest BCUT2D eigenvalue weighted by Gasteiger charge is 2.35. The van der Waals surface area contributed by atoms with Gasteiger partial charge in [-0.3, -0.25) is 14.4 Å². The Labute approximate surface area is 177 Å². The van der Waals surface area contributed by atoms with Crippen molar-refractivity contribution in [3.63, 3.8) is 0 Å². The monoisotopic (exact) mass is 413 g/mol. The van der Waals surface area contributed by atoms with Gasteiger partial charge >= 0.3 is 0 Å². The lowest BCUT2D eigenvalue weighted by molar-refractivity contribution is 0.0361. The maximum Gasteiger partial charge on any atom is 0.272 e. The largest absolute Gasteiger partial charge is 0.494 e. The Kier molecular flexibility index (Phi) is 5.62. The van der Waals surface area contributed by atoms with Crippen LogP contribution >= 0.6 is 0 Å². The Balaban J connectivity index is 1.39. The first kappa shape index (κ1) is 19.8. The van der Waals surface area contributed by atoms with E-state index in [1.807, 2.05) is 22.9 Å². The van der Waals surface area contributed by atoms with E-state index in [2.05, 4.69) is 15.1 Å². The van der Waals surface area contributed by atoms with Crippen molar-refractivity contribution < 1.29 is 14.3 Å². The molecule has 1 aromatic heterocycles. The van der Waals surface area contributed by atoms with Gasteiger partial charge < -0.3 is 19.7 Å². The number of amides is 1. The first-order valence-electron chi connectivity index (χ1n) is 11.1. The summed E-state index contributed by atoms with van der Waals surface area (Å²) in [5, 5.41) is 8.91. The number of carbonyl (C=O) groups is 1. The Morgan fingerprint density at radius 2 is 2.00 bits per heavy atom. The third-order valence-electron chi connectivity index (χ3n) is 6.87. The van der Waals surface area contributed by atoms with Crippen molar-refractivity contribution in [2.24, 2.45) is 5.92 Å². The van der Waals surface area contributed by atoms with E-state index in [-0.39, 0.29) is 11.9 Å². The number of nitrogens with one attached hydrogen (secondary N) is 1. The van der Waals surface area contributed by atoms with Gasteiger partial charge in [0.15, 0.2) is 5.69 Å². The lowest BCUT2D eigenvalue weighted by Crippen LogP contribution is -2.57. The van der Waals surface area contributed by atoms with Crippen molar-refractivity contribution in [2.75, 3.05) is 59.6 Å². The molecule has 1 aromatic carbocycles. The Morgan fingerprint density at radius 1 is 1.20 bits per heavy atom. The Morgan fingerprint density at radius 3 is 2.70 bits per heavy atom. The number of aromatic nitrogens is 2. The summed E-state index contributed by atoms with van der Waals surface area (Å²) in [6, 6.07) is 6.06. The van der Waals surface area contributed by atoms with Gasteiger partial charge in [-0.05, 0) is 37.9 Å². The highest BCUT2D eigenvalue weighted by Crippen LogP contribution is 2.30. The number of piperidine rings is 3. The summed E-state index contributed by atoms with van der Waals surface area (Å²) in [5.74, 6) is 1.27. The predicted octanol–water partition coefficient (Wildman–Crippen LogP) is 1.20. The molecule has 0 aliphatic carbocycles. The van der Waals surface area contributed by atoms with Crippen LogP contribution in [-0.2, 0) is 11.3 Å². The molecule has 8 heteroatoms. The number of carbonyl (C=O) groups excluding carboxylic acids is 1. The van der Waals surface area contributed by atoms with Crippen molar-refractivity contribution in [2.45, 2.75) is 25.4 Å². The fourth-order valence-corrected chi connectivity index (χ4v) is 5.12. The van der Waals surface area contributed by atoms with Crippen LogP contribution in [0.4, 0.5) is 0 Å². The van der Waals surface area contributed by atoms with Crippen LogP contribution in [0.5, 0.6) is 5.75 Å². The third kappa shape index (κ3) is 3.79. The van der Waals surface area contributed by atoms with Crippen molar-refractivity contribution in [1.29, 1.82) is 0 Å². The Hall–Kier alpha value is -2.16. The summed E-state index contributed by atoms with van der Waals surface area (Å²) in [6.07, 6.45) is 2.35. The second kappa shape index (κ2) is 8.53. The SMILES string of the molecule is COc1cccc2c(C(=O)N[C@@H]3CN4CCC3CC4)nn(CCN3CCOCC3)c12. The van der Waals surface area contributed by atoms with Crippen molar-refractivity contribution in [1.82, 2.24) is 24.9 Å². The zero-order valence-corrected chi connectivity index (χ0v) is 17.7. The van der Waals surface area contributed by atoms with Gasteiger partial charge in [0.1, 0.15) is 11.3 Å². The van der Waals surface area contributed by atoms with E-state index in [1.165, 1.54) is 12.8 Å². The van der Waals surface area contributed by atoms with E-state index >= 15 is 0 Å². The number of para-hydroxylation sites is 1. The van der Waals surface area contributed by atoms with Gasteiger partial charge in [-0.25, -0.2) is 0 Å². The maximum atomic E-state index is 13.2. The standard InChI is InChI=1S/C22H31N5O3/c1-29-19-4-2-3-17-20(22(28)23-18-15-26-7-5-16(18)6-8-26)24-27(21(17)19)10-9-25-11-13-30-14-12-25/h2-4,16,18H,5-15H2,1H3,(H,23,28)/t18-/m1/s1. The summed E-state index contributed by atoms with van der Waals surface area (Å²) in [7, 11) is 1.67. The van der Waals surface area contributed by atoms with Crippen LogP contribution in [0.3, 0.4) is 0 Å². The molecule has 4 fully saturated rings. The molecule has 0 radical (unpaired) electrons. The molecule has 2 aromatic rings. The number of hydrogen-bond acceptors (Lipinski definition) is 6. The lowest BCUT2D eigenvalue weighted by Gasteiger charge is -2.44. The van der Waals surface area contributed by atoms with Crippen LogP contribution in [-0.4, -0.2) is 91.1 Å². The molecule has 162 valence electrons. The number of nitrogens with zero attached hydrogens (tertiary/aromatic N) is 4. The molecule has 5 heterocycles. The molecule has 0 saturated carbocycles. The third-order valence-corrected chi connectivity index (χ3v) is 6.87. The van der Waals surface area contributed by atoms with E-state index in [4.69, 9.17) is 14.6 Å². The van der Waals surface area contributed by atoms with Gasteiger partial charge in [-0.15, -0.1) is 0 Å². The molecule has 0 unspecified atom stereocenters. The average Bonchev–Trinajstić information content (AvgIpc) is 3.18. The molecule has 30 heavy (non-hydrogen) atoms. The topological polar surface area (TPSA) is 71.9 Å². The van der Waals surface area contributed by atoms with Crippen molar-refractivity contribution in [3.05, 3.63) is 23.9 Å². The number of fused-ring (bicyclic) bond motifs is 4. The molecule has 4 saturated heterocycles. The summed E-state index contributed by atoms with van der Waals surface area (Å²) in [4.78, 5) is 18.1. The second-order valence-corrected chi connectivity index (χ2v) is 8.60. The molecule has 1 amide bonds. The number of hydrogen-bond donors (Lipinski definition) is 1. The minimum Gasteiger partial charge on any atom is -0.494 e. The first-order valence-corrected chi connectivity index (χ1v) is 11.1. The van der Waals surface area contributed by atoms with Gasteiger partial charge in [-0.1, -0.05) is 12.1 Å². The molecule has 1 N–H and O–H groups in total. The number of morpholine rings is 1. The van der Waals surface area contributed by atoms with Crippen LogP contribution in [0.1, 0.15) is 23.3 Å². The first-order chi connectivity index (χ1) is 14.7. The van der Waals surface area contributed by atoms with Gasteiger partial charge in [0.05, 0.1) is 26.9 Å². The number of methoxy groups -OCH3 is 1. The van der Waals surface area contributed by atoms with Crippen LogP contribution in [0.15, 0.2) is 18.2 Å². The maximum absolute atomic E-state index is 13.2. The lowest BCUT2D eigenvalue weighted by atomic mass is 9.84. The van der Waals surface area contributed by atoms with Gasteiger partial charge in [0, 0.05) is 37.6 Å². The molecular formula is C22H31N5O3. The van der Waals surface area contributed by atoms with Crippen LogP contribution in [0.2, 0.25) is 0 Å². The molecule has 2 bridgehead atoms. The summed E-state index contributed by atoms with van der Waals surface area (Å²) in [5.41, 5.74) is 1.40. The fraction of sp³-hybridized carbons (Fsp3) is 0.636. The van der Waals surface area contributed by atoms with E-state index in [9.17, 15) is 4.79 Å². The summed E-state index contributed by atoms with van der Waals surface area (Å²) < 4.78 is 13.0. The highest BCUT2D eigenvalue weighted by atomic mass is 16.5. The predicted molar refractivity (Wildman–Crippen MR) is 114 cm³/mol. The molecule has 0 spiro atoms. The van der Waals surface area contributed by atoms with Crippen LogP contribution in [0.25, 0.3) is 10.9 Å². The minimum atomic E-state index is -0.0721. The highest BCUT2D eigenvalue weighted by molar-refractivity contribution is 6.06. The zero-order chi connectivity index (χ0) is 20.5. The molecule has 8 nitrogen and oxygen atoms in total. The van der Waals surface area contributed by atoms with Gasteiger partial charge in [0.25, 0.3) is 5.91 Å². The number of rotatable bonds is 6. The summed E-state index contributed by atoms with van der Waals surface area (Å²) in [6.45, 7) is 8.28. The van der Waals surface area contributed by atoms with Gasteiger partial charge in [0.2, 0.25) is 0 Å². The molecular weight excluding hydrogens is 382 g/mol. The molecule has 4 aliphatic rings. The van der Waals surface area contributed by atoms with E-state index in [1.54, 1.807) is 7.11 Å². The quantitative estimate of drug-likeness (QED) is 0.767. The minimum absolute atomic E-state index is 0.0721. The zero-order valence-electron chi connectivity index (χ0n) is 17.7. The fourth-order valence-electron chi connectivity index (χ4n) is 5.12. The average molecular weight is 414 g/mol. The number of benzene rings is 1. The molecule has 1 atom stereocenters. The van der Waals surface area contributed by atoms with Crippen LogP contribution in [0, 0.1) is 5.92 Å². The summed E-state index contributed by atoms with van der Waals surface area (Å²) >= 11 is 0.